The summed E-state index contributed by atoms with van der Waals surface area (Å²) in [6.45, 7) is 0. The summed E-state index contributed by atoms with van der Waals surface area (Å²) in [4.78, 5) is 0. The third-order valence-corrected chi connectivity index (χ3v) is 5.94. The molecule has 1 aliphatic rings. The van der Waals surface area contributed by atoms with Crippen LogP contribution in [0, 0.1) is 3.57 Å². The monoisotopic (exact) mass is 432 g/mol. The van der Waals surface area contributed by atoms with Crippen LogP contribution < -0.4 is 0 Å². The second-order valence-electron chi connectivity index (χ2n) is 6.81. The maximum Gasteiger partial charge on any atom is 0.0130 e. The lowest BCUT2D eigenvalue weighted by Gasteiger charge is -2.20. The van der Waals surface area contributed by atoms with Crippen LogP contribution in [0.15, 0.2) is 78.9 Å². The molecule has 0 bridgehead atoms. The second kappa shape index (κ2) is 5.99. The Morgan fingerprint density at radius 2 is 1.12 bits per heavy atom. The molecular formula is C24H17I. The van der Waals surface area contributed by atoms with Crippen LogP contribution in [0.4, 0.5) is 0 Å². The highest BCUT2D eigenvalue weighted by atomic mass is 127. The Kier molecular flexibility index (Phi) is 3.63. The lowest BCUT2D eigenvalue weighted by atomic mass is 9.84. The highest BCUT2D eigenvalue weighted by molar-refractivity contribution is 14.1. The standard InChI is InChI=1S/C24H17I/c25-24-9-7-16(8-10-24)19-5-6-20-14-22-11-17-3-1-2-4-18(17)12-23(22)15-21(20)13-19/h1-10,13-15H,11-12H2. The lowest BCUT2D eigenvalue weighted by Crippen LogP contribution is -2.07. The molecule has 1 heteroatoms. The number of rotatable bonds is 1. The normalized spacial score (nSPS) is 12.7. The van der Waals surface area contributed by atoms with E-state index < -0.39 is 0 Å². The average Bonchev–Trinajstić information content (AvgIpc) is 2.65. The molecule has 1 aliphatic carbocycles. The Balaban J connectivity index is 1.61. The summed E-state index contributed by atoms with van der Waals surface area (Å²) in [5.74, 6) is 0. The summed E-state index contributed by atoms with van der Waals surface area (Å²) >= 11 is 2.35. The maximum atomic E-state index is 2.40. The summed E-state index contributed by atoms with van der Waals surface area (Å²) in [6, 6.07) is 29.2. The van der Waals surface area contributed by atoms with Gasteiger partial charge in [-0.2, -0.15) is 0 Å². The molecule has 4 aromatic rings. The zero-order chi connectivity index (χ0) is 16.8. The fraction of sp³-hybridized carbons (Fsp3) is 0.0833. The number of halogens is 1. The molecule has 0 spiro atoms. The van der Waals surface area contributed by atoms with Crippen molar-refractivity contribution in [2.75, 3.05) is 0 Å². The molecule has 25 heavy (non-hydrogen) atoms. The number of fused-ring (bicyclic) bond motifs is 3. The number of hydrogen-bond acceptors (Lipinski definition) is 0. The molecule has 0 unspecified atom stereocenters. The highest BCUT2D eigenvalue weighted by Gasteiger charge is 2.15. The molecule has 120 valence electrons. The van der Waals surface area contributed by atoms with Crippen LogP contribution in [-0.2, 0) is 12.8 Å². The van der Waals surface area contributed by atoms with Crippen LogP contribution in [0.25, 0.3) is 21.9 Å². The molecular weight excluding hydrogens is 415 g/mol. The van der Waals surface area contributed by atoms with Crippen LogP contribution in [0.1, 0.15) is 22.3 Å². The minimum absolute atomic E-state index is 1.05. The van der Waals surface area contributed by atoms with Crippen LogP contribution in [-0.4, -0.2) is 0 Å². The minimum Gasteiger partial charge on any atom is -0.0620 e. The van der Waals surface area contributed by atoms with Crippen molar-refractivity contribution < 1.29 is 0 Å². The molecule has 0 radical (unpaired) electrons. The summed E-state index contributed by atoms with van der Waals surface area (Å²) in [6.07, 6.45) is 2.11. The molecule has 0 nitrogen and oxygen atoms in total. The summed E-state index contributed by atoms with van der Waals surface area (Å²) in [7, 11) is 0. The summed E-state index contributed by atoms with van der Waals surface area (Å²) < 4.78 is 1.27. The van der Waals surface area contributed by atoms with Crippen molar-refractivity contribution in [1.29, 1.82) is 0 Å². The number of benzene rings is 4. The van der Waals surface area contributed by atoms with E-state index in [2.05, 4.69) is 101 Å². The summed E-state index contributed by atoms with van der Waals surface area (Å²) in [5.41, 5.74) is 8.48. The topological polar surface area (TPSA) is 0 Å². The first-order valence-corrected chi connectivity index (χ1v) is 9.72. The smallest absolute Gasteiger partial charge is 0.0130 e. The van der Waals surface area contributed by atoms with E-state index in [0.717, 1.165) is 12.8 Å². The van der Waals surface area contributed by atoms with Crippen molar-refractivity contribution in [1.82, 2.24) is 0 Å². The molecule has 0 aliphatic heterocycles. The van der Waals surface area contributed by atoms with Gasteiger partial charge in [-0.25, -0.2) is 0 Å². The fourth-order valence-electron chi connectivity index (χ4n) is 3.86. The van der Waals surface area contributed by atoms with Gasteiger partial charge >= 0.3 is 0 Å². The predicted octanol–water partition coefficient (Wildman–Crippen LogP) is 6.61. The Hall–Kier alpha value is -2.13. The van der Waals surface area contributed by atoms with Crippen LogP contribution >= 0.6 is 22.6 Å². The Morgan fingerprint density at radius 3 is 1.80 bits per heavy atom. The molecule has 0 N–H and O–H groups in total. The Bertz CT molecular complexity index is 1090. The Labute approximate surface area is 161 Å². The molecule has 0 saturated heterocycles. The van der Waals surface area contributed by atoms with Crippen LogP contribution in [0.3, 0.4) is 0 Å². The maximum absolute atomic E-state index is 2.40. The van der Waals surface area contributed by atoms with Gasteiger partial charge < -0.3 is 0 Å². The minimum atomic E-state index is 1.05. The molecule has 0 fully saturated rings. The van der Waals surface area contributed by atoms with E-state index in [1.165, 1.54) is 47.7 Å². The third-order valence-electron chi connectivity index (χ3n) is 5.22. The number of hydrogen-bond donors (Lipinski definition) is 0. The van der Waals surface area contributed by atoms with Crippen molar-refractivity contribution >= 4 is 33.4 Å². The van der Waals surface area contributed by atoms with Crippen molar-refractivity contribution in [2.45, 2.75) is 12.8 Å². The van der Waals surface area contributed by atoms with Gasteiger partial charge in [-0.3, -0.25) is 0 Å². The SMILES string of the molecule is Ic1ccc(-c2ccc3cc4c(cc3c2)Cc2ccccc2C4)cc1. The van der Waals surface area contributed by atoms with E-state index in [9.17, 15) is 0 Å². The van der Waals surface area contributed by atoms with Gasteiger partial charge in [-0.1, -0.05) is 60.7 Å². The average molecular weight is 432 g/mol. The van der Waals surface area contributed by atoms with E-state index >= 15 is 0 Å². The lowest BCUT2D eigenvalue weighted by molar-refractivity contribution is 1.01. The van der Waals surface area contributed by atoms with Gasteiger partial charge in [0.05, 0.1) is 0 Å². The van der Waals surface area contributed by atoms with Gasteiger partial charge in [0, 0.05) is 3.57 Å². The predicted molar refractivity (Wildman–Crippen MR) is 114 cm³/mol. The molecule has 0 amide bonds. The summed E-state index contributed by atoms with van der Waals surface area (Å²) in [5, 5.41) is 2.68. The quantitative estimate of drug-likeness (QED) is 0.262. The van der Waals surface area contributed by atoms with E-state index in [0.29, 0.717) is 0 Å². The van der Waals surface area contributed by atoms with Crippen molar-refractivity contribution in [2.24, 2.45) is 0 Å². The van der Waals surface area contributed by atoms with E-state index in [4.69, 9.17) is 0 Å². The first-order valence-electron chi connectivity index (χ1n) is 8.64. The van der Waals surface area contributed by atoms with Crippen LogP contribution in [0.2, 0.25) is 0 Å². The van der Waals surface area contributed by atoms with Crippen molar-refractivity contribution in [3.63, 3.8) is 0 Å². The van der Waals surface area contributed by atoms with Gasteiger partial charge in [0.2, 0.25) is 0 Å². The zero-order valence-electron chi connectivity index (χ0n) is 13.8. The Morgan fingerprint density at radius 1 is 0.520 bits per heavy atom. The molecule has 0 heterocycles. The van der Waals surface area contributed by atoms with E-state index in [1.807, 2.05) is 0 Å². The van der Waals surface area contributed by atoms with Gasteiger partial charge in [-0.15, -0.1) is 0 Å². The first-order chi connectivity index (χ1) is 12.3. The molecule has 4 aromatic carbocycles. The van der Waals surface area contributed by atoms with Crippen molar-refractivity contribution in [3.8, 4) is 11.1 Å². The third kappa shape index (κ3) is 2.77. The van der Waals surface area contributed by atoms with Crippen LogP contribution in [0.5, 0.6) is 0 Å². The van der Waals surface area contributed by atoms with Gasteiger partial charge in [0.1, 0.15) is 0 Å². The van der Waals surface area contributed by atoms with Crippen molar-refractivity contribution in [3.05, 3.63) is 105 Å². The fourth-order valence-corrected chi connectivity index (χ4v) is 4.22. The van der Waals surface area contributed by atoms with E-state index in [1.54, 1.807) is 0 Å². The largest absolute Gasteiger partial charge is 0.0620 e. The highest BCUT2D eigenvalue weighted by Crippen LogP contribution is 2.32. The second-order valence-corrected chi connectivity index (χ2v) is 8.06. The van der Waals surface area contributed by atoms with Gasteiger partial charge in [0.25, 0.3) is 0 Å². The molecule has 0 saturated carbocycles. The van der Waals surface area contributed by atoms with Gasteiger partial charge in [-0.05, 0) is 97.8 Å². The van der Waals surface area contributed by atoms with E-state index in [-0.39, 0.29) is 0 Å². The first kappa shape index (κ1) is 15.2. The molecule has 5 rings (SSSR count). The molecule has 0 aromatic heterocycles. The van der Waals surface area contributed by atoms with Gasteiger partial charge in [0.15, 0.2) is 0 Å². The zero-order valence-corrected chi connectivity index (χ0v) is 16.0. The molecule has 0 atom stereocenters.